The Bertz CT molecular complexity index is 692. The molecule has 0 unspecified atom stereocenters. The van der Waals surface area contributed by atoms with Crippen LogP contribution in [0.2, 0.25) is 0 Å². The van der Waals surface area contributed by atoms with Gasteiger partial charge in [0.15, 0.2) is 5.65 Å². The molecule has 0 atom stereocenters. The van der Waals surface area contributed by atoms with Crippen molar-refractivity contribution in [2.75, 3.05) is 12.0 Å². The van der Waals surface area contributed by atoms with Gasteiger partial charge in [-0.15, -0.1) is 0 Å². The minimum Gasteiger partial charge on any atom is -1.00 e. The van der Waals surface area contributed by atoms with E-state index in [0.717, 1.165) is 11.1 Å². The van der Waals surface area contributed by atoms with Crippen LogP contribution in [0.1, 0.15) is 38.1 Å². The molecule has 0 aliphatic rings. The van der Waals surface area contributed by atoms with Crippen molar-refractivity contribution in [1.29, 1.82) is 0 Å². The summed E-state index contributed by atoms with van der Waals surface area (Å²) in [5, 5.41) is 9.18. The molecule has 0 fully saturated rings. The van der Waals surface area contributed by atoms with Crippen LogP contribution in [0.3, 0.4) is 0 Å². The number of anilines is 1. The second kappa shape index (κ2) is 7.74. The number of hydrogen-bond donors (Lipinski definition) is 1. The lowest BCUT2D eigenvalue weighted by atomic mass is 10.2. The van der Waals surface area contributed by atoms with Gasteiger partial charge in [0.2, 0.25) is 0 Å². The zero-order valence-corrected chi connectivity index (χ0v) is 13.8. The topological polar surface area (TPSA) is 81.4 Å². The van der Waals surface area contributed by atoms with Crippen LogP contribution in [0.5, 0.6) is 0 Å². The molecule has 8 heteroatoms. The average molecular weight is 325 g/mol. The number of aromatic nitrogens is 3. The van der Waals surface area contributed by atoms with Gasteiger partial charge in [0.05, 0.1) is 23.9 Å². The number of fused-ring (bicyclic) bond motifs is 1. The fourth-order valence-electron chi connectivity index (χ4n) is 1.91. The summed E-state index contributed by atoms with van der Waals surface area (Å²) in [4.78, 5) is 16.4. The SMILES string of the molecule is CCOC(=O)c1cnc2c(cnn2CC)c1NN=C(C)C.[Cl-]. The van der Waals surface area contributed by atoms with Gasteiger partial charge in [0.25, 0.3) is 0 Å². The number of halogens is 1. The van der Waals surface area contributed by atoms with Crippen LogP contribution in [0.15, 0.2) is 17.5 Å². The minimum atomic E-state index is -0.428. The number of nitrogens with one attached hydrogen (secondary N) is 1. The van der Waals surface area contributed by atoms with Crippen molar-refractivity contribution in [3.05, 3.63) is 18.0 Å². The summed E-state index contributed by atoms with van der Waals surface area (Å²) in [7, 11) is 0. The van der Waals surface area contributed by atoms with Crippen molar-refractivity contribution >= 4 is 28.4 Å². The minimum absolute atomic E-state index is 0. The number of carbonyl (C=O) groups excluding carboxylic acids is 1. The molecule has 0 bridgehead atoms. The van der Waals surface area contributed by atoms with Gasteiger partial charge >= 0.3 is 5.97 Å². The van der Waals surface area contributed by atoms with E-state index in [4.69, 9.17) is 4.74 Å². The van der Waals surface area contributed by atoms with Gasteiger partial charge in [0, 0.05) is 18.5 Å². The molecule has 2 aromatic heterocycles. The summed E-state index contributed by atoms with van der Waals surface area (Å²) in [5.41, 5.74) is 5.40. The molecule has 0 aliphatic carbocycles. The molecule has 0 aromatic carbocycles. The molecule has 0 saturated heterocycles. The quantitative estimate of drug-likeness (QED) is 0.453. The second-order valence-electron chi connectivity index (χ2n) is 4.64. The van der Waals surface area contributed by atoms with E-state index < -0.39 is 5.97 Å². The standard InChI is InChI=1S/C14H19N5O2.ClH/c1-5-19-13-10(8-16-19)12(18-17-9(3)4)11(7-15-13)14(20)21-6-2;/h7-8H,5-6H2,1-4H3,(H,15,18);1H/p-1. The molecule has 0 aliphatic heterocycles. The first-order valence-corrected chi connectivity index (χ1v) is 6.87. The smallest absolute Gasteiger partial charge is 0.341 e. The second-order valence-corrected chi connectivity index (χ2v) is 4.64. The van der Waals surface area contributed by atoms with Crippen LogP contribution in [0.25, 0.3) is 11.0 Å². The Morgan fingerprint density at radius 2 is 2.09 bits per heavy atom. The lowest BCUT2D eigenvalue weighted by molar-refractivity contribution is -0.0000229. The van der Waals surface area contributed by atoms with Gasteiger partial charge < -0.3 is 17.1 Å². The number of rotatable bonds is 5. The van der Waals surface area contributed by atoms with Crippen LogP contribution in [-0.4, -0.2) is 33.1 Å². The molecule has 0 amide bonds. The van der Waals surface area contributed by atoms with Gasteiger partial charge in [-0.1, -0.05) is 0 Å². The molecule has 0 saturated carbocycles. The van der Waals surface area contributed by atoms with Gasteiger partial charge in [-0.3, -0.25) is 5.43 Å². The van der Waals surface area contributed by atoms with Crippen LogP contribution in [0.4, 0.5) is 5.69 Å². The van der Waals surface area contributed by atoms with Gasteiger partial charge in [0.1, 0.15) is 5.56 Å². The van der Waals surface area contributed by atoms with Crippen molar-refractivity contribution in [2.45, 2.75) is 34.2 Å². The Labute approximate surface area is 135 Å². The fraction of sp³-hybridized carbons (Fsp3) is 0.429. The first kappa shape index (κ1) is 17.9. The first-order valence-electron chi connectivity index (χ1n) is 6.87. The van der Waals surface area contributed by atoms with Crippen LogP contribution >= 0.6 is 0 Å². The Morgan fingerprint density at radius 1 is 1.36 bits per heavy atom. The highest BCUT2D eigenvalue weighted by Crippen LogP contribution is 2.26. The molecule has 0 radical (unpaired) electrons. The number of nitrogens with zero attached hydrogens (tertiary/aromatic N) is 4. The van der Waals surface area contributed by atoms with E-state index in [9.17, 15) is 4.79 Å². The van der Waals surface area contributed by atoms with Crippen molar-refractivity contribution in [2.24, 2.45) is 5.10 Å². The summed E-state index contributed by atoms with van der Waals surface area (Å²) in [6, 6.07) is 0. The van der Waals surface area contributed by atoms with Gasteiger partial charge in [-0.25, -0.2) is 14.5 Å². The normalized spacial score (nSPS) is 10.0. The lowest BCUT2D eigenvalue weighted by Gasteiger charge is -2.09. The lowest BCUT2D eigenvalue weighted by Crippen LogP contribution is -3.00. The molecule has 2 aromatic rings. The van der Waals surface area contributed by atoms with E-state index in [1.165, 1.54) is 6.20 Å². The van der Waals surface area contributed by atoms with Gasteiger partial charge in [-0.2, -0.15) is 10.2 Å². The number of hydrazone groups is 1. The Hall–Kier alpha value is -2.15. The summed E-state index contributed by atoms with van der Waals surface area (Å²) in [6.45, 7) is 8.48. The Morgan fingerprint density at radius 3 is 2.68 bits per heavy atom. The van der Waals surface area contributed by atoms with E-state index >= 15 is 0 Å². The van der Waals surface area contributed by atoms with Crippen molar-refractivity contribution in [3.8, 4) is 0 Å². The third-order valence-electron chi connectivity index (χ3n) is 2.85. The Balaban J connectivity index is 0.00000242. The van der Waals surface area contributed by atoms with E-state index in [-0.39, 0.29) is 12.4 Å². The van der Waals surface area contributed by atoms with E-state index in [2.05, 4.69) is 20.6 Å². The molecular formula is C14H19ClN5O2-. The number of hydrogen-bond acceptors (Lipinski definition) is 6. The number of ether oxygens (including phenoxy) is 1. The Kier molecular flexibility index (Phi) is 6.30. The molecule has 22 heavy (non-hydrogen) atoms. The highest BCUT2D eigenvalue weighted by Gasteiger charge is 2.18. The number of carbonyl (C=O) groups is 1. The number of pyridine rings is 1. The summed E-state index contributed by atoms with van der Waals surface area (Å²) in [5.74, 6) is -0.428. The molecular weight excluding hydrogens is 306 g/mol. The zero-order valence-electron chi connectivity index (χ0n) is 13.1. The van der Waals surface area contributed by atoms with E-state index in [1.54, 1.807) is 17.8 Å². The molecule has 2 heterocycles. The largest absolute Gasteiger partial charge is 1.00 e. The summed E-state index contributed by atoms with van der Waals surface area (Å²) < 4.78 is 6.82. The number of aryl methyl sites for hydroxylation is 1. The fourth-order valence-corrected chi connectivity index (χ4v) is 1.91. The van der Waals surface area contributed by atoms with Crippen molar-refractivity contribution < 1.29 is 21.9 Å². The third-order valence-corrected chi connectivity index (χ3v) is 2.85. The monoisotopic (exact) mass is 324 g/mol. The predicted molar refractivity (Wildman–Crippen MR) is 81.6 cm³/mol. The maximum absolute atomic E-state index is 12.1. The summed E-state index contributed by atoms with van der Waals surface area (Å²) >= 11 is 0. The van der Waals surface area contributed by atoms with E-state index in [1.807, 2.05) is 20.8 Å². The van der Waals surface area contributed by atoms with Crippen LogP contribution in [0, 0.1) is 0 Å². The molecule has 120 valence electrons. The van der Waals surface area contributed by atoms with Crippen LogP contribution < -0.4 is 17.8 Å². The van der Waals surface area contributed by atoms with E-state index in [0.29, 0.717) is 30.0 Å². The molecule has 1 N–H and O–H groups in total. The third kappa shape index (κ3) is 3.54. The highest BCUT2D eigenvalue weighted by atomic mass is 35.5. The molecule has 0 spiro atoms. The maximum atomic E-state index is 12.1. The zero-order chi connectivity index (χ0) is 15.4. The predicted octanol–water partition coefficient (Wildman–Crippen LogP) is -0.560. The first-order chi connectivity index (χ1) is 10.1. The average Bonchev–Trinajstić information content (AvgIpc) is 2.87. The van der Waals surface area contributed by atoms with Gasteiger partial charge in [-0.05, 0) is 27.7 Å². The number of esters is 1. The van der Waals surface area contributed by atoms with Crippen LogP contribution in [-0.2, 0) is 11.3 Å². The highest BCUT2D eigenvalue weighted by molar-refractivity contribution is 6.04. The van der Waals surface area contributed by atoms with Crippen molar-refractivity contribution in [3.63, 3.8) is 0 Å². The summed E-state index contributed by atoms with van der Waals surface area (Å²) in [6.07, 6.45) is 3.18. The van der Waals surface area contributed by atoms with Crippen molar-refractivity contribution in [1.82, 2.24) is 14.8 Å². The molecule has 7 nitrogen and oxygen atoms in total. The maximum Gasteiger partial charge on any atom is 0.341 e. The molecule has 2 rings (SSSR count).